The molecule has 0 atom stereocenters. The first-order valence-electron chi connectivity index (χ1n) is 6.36. The molecule has 2 rings (SSSR count). The highest BCUT2D eigenvalue weighted by molar-refractivity contribution is 5.37. The van der Waals surface area contributed by atoms with Crippen molar-refractivity contribution in [2.45, 2.75) is 13.5 Å². The Morgan fingerprint density at radius 1 is 1.15 bits per heavy atom. The number of aryl methyl sites for hydroxylation is 1. The fourth-order valence-electron chi connectivity index (χ4n) is 1.73. The van der Waals surface area contributed by atoms with Crippen molar-refractivity contribution in [2.75, 3.05) is 6.54 Å². The lowest BCUT2D eigenvalue weighted by Gasteiger charge is -2.09. The third-order valence-electron chi connectivity index (χ3n) is 2.83. The normalized spacial score (nSPS) is 9.75. The van der Waals surface area contributed by atoms with Gasteiger partial charge in [0.2, 0.25) is 0 Å². The largest absolute Gasteiger partial charge is 0.489 e. The van der Waals surface area contributed by atoms with Crippen LogP contribution in [0.4, 0.5) is 4.39 Å². The van der Waals surface area contributed by atoms with Gasteiger partial charge >= 0.3 is 0 Å². The zero-order valence-corrected chi connectivity index (χ0v) is 11.3. The van der Waals surface area contributed by atoms with Gasteiger partial charge in [0.05, 0.1) is 6.54 Å². The molecule has 0 amide bonds. The quantitative estimate of drug-likeness (QED) is 0.869. The summed E-state index contributed by atoms with van der Waals surface area (Å²) >= 11 is 0. The summed E-state index contributed by atoms with van der Waals surface area (Å²) in [7, 11) is 0. The summed E-state index contributed by atoms with van der Waals surface area (Å²) in [6, 6.07) is 12.2. The standard InChI is InChI=1S/C17H16FNO/c1-13-4-9-16(18)11-17(13)20-12-15-7-5-14(6-8-15)3-2-10-19/h4-9,11H,10,12,19H2,1H3. The lowest BCUT2D eigenvalue weighted by Crippen LogP contribution is -1.97. The van der Waals surface area contributed by atoms with Crippen molar-refractivity contribution in [1.82, 2.24) is 0 Å². The summed E-state index contributed by atoms with van der Waals surface area (Å²) < 4.78 is 18.8. The SMILES string of the molecule is Cc1ccc(F)cc1OCc1ccc(C#CCN)cc1. The Hall–Kier alpha value is -2.31. The van der Waals surface area contributed by atoms with Gasteiger partial charge < -0.3 is 10.5 Å². The molecule has 2 aromatic carbocycles. The molecule has 0 unspecified atom stereocenters. The molecule has 0 bridgehead atoms. The van der Waals surface area contributed by atoms with Gasteiger partial charge in [-0.3, -0.25) is 0 Å². The van der Waals surface area contributed by atoms with Gasteiger partial charge in [-0.2, -0.15) is 0 Å². The van der Waals surface area contributed by atoms with E-state index in [1.807, 2.05) is 31.2 Å². The Balaban J connectivity index is 2.02. The van der Waals surface area contributed by atoms with Crippen LogP contribution in [0.1, 0.15) is 16.7 Å². The zero-order valence-electron chi connectivity index (χ0n) is 11.3. The molecule has 0 saturated carbocycles. The molecule has 102 valence electrons. The first-order chi connectivity index (χ1) is 9.69. The second kappa shape index (κ2) is 6.74. The Kier molecular flexibility index (Phi) is 4.75. The maximum Gasteiger partial charge on any atom is 0.126 e. The van der Waals surface area contributed by atoms with Crippen LogP contribution >= 0.6 is 0 Å². The summed E-state index contributed by atoms with van der Waals surface area (Å²) in [4.78, 5) is 0. The average molecular weight is 269 g/mol. The third-order valence-corrected chi connectivity index (χ3v) is 2.83. The molecule has 3 heteroatoms. The molecule has 2 N–H and O–H groups in total. The third kappa shape index (κ3) is 3.84. The van der Waals surface area contributed by atoms with E-state index in [1.165, 1.54) is 12.1 Å². The molecule has 0 saturated heterocycles. The second-order valence-electron chi connectivity index (χ2n) is 4.40. The Labute approximate surface area is 118 Å². The van der Waals surface area contributed by atoms with E-state index >= 15 is 0 Å². The lowest BCUT2D eigenvalue weighted by molar-refractivity contribution is 0.302. The Morgan fingerprint density at radius 2 is 1.90 bits per heavy atom. The number of rotatable bonds is 3. The average Bonchev–Trinajstić information content (AvgIpc) is 2.47. The van der Waals surface area contributed by atoms with Gasteiger partial charge in [-0.15, -0.1) is 0 Å². The lowest BCUT2D eigenvalue weighted by atomic mass is 10.1. The van der Waals surface area contributed by atoms with E-state index in [9.17, 15) is 4.39 Å². The van der Waals surface area contributed by atoms with Crippen molar-refractivity contribution in [3.05, 3.63) is 65.0 Å². The first kappa shape index (κ1) is 14.1. The molecule has 0 fully saturated rings. The topological polar surface area (TPSA) is 35.2 Å². The van der Waals surface area contributed by atoms with Gasteiger partial charge in [0.25, 0.3) is 0 Å². The van der Waals surface area contributed by atoms with Gasteiger partial charge in [0, 0.05) is 11.6 Å². The molecule has 0 aliphatic rings. The van der Waals surface area contributed by atoms with Crippen LogP contribution in [0.3, 0.4) is 0 Å². The van der Waals surface area contributed by atoms with E-state index < -0.39 is 0 Å². The maximum atomic E-state index is 13.1. The van der Waals surface area contributed by atoms with E-state index in [-0.39, 0.29) is 5.82 Å². The molecular weight excluding hydrogens is 253 g/mol. The molecule has 0 aromatic heterocycles. The highest BCUT2D eigenvalue weighted by Gasteiger charge is 2.02. The summed E-state index contributed by atoms with van der Waals surface area (Å²) in [6.45, 7) is 2.64. The van der Waals surface area contributed by atoms with Crippen LogP contribution in [0.2, 0.25) is 0 Å². The Bertz CT molecular complexity index is 638. The number of ether oxygens (including phenoxy) is 1. The number of halogens is 1. The maximum absolute atomic E-state index is 13.1. The molecule has 0 heterocycles. The minimum Gasteiger partial charge on any atom is -0.489 e. The van der Waals surface area contributed by atoms with Crippen LogP contribution < -0.4 is 10.5 Å². The van der Waals surface area contributed by atoms with Crippen LogP contribution in [0.5, 0.6) is 5.75 Å². The molecule has 2 nitrogen and oxygen atoms in total. The smallest absolute Gasteiger partial charge is 0.126 e. The molecule has 0 spiro atoms. The van der Waals surface area contributed by atoms with E-state index in [0.29, 0.717) is 18.9 Å². The van der Waals surface area contributed by atoms with Crippen LogP contribution in [0.25, 0.3) is 0 Å². The highest BCUT2D eigenvalue weighted by atomic mass is 19.1. The molecule has 2 aromatic rings. The van der Waals surface area contributed by atoms with Gasteiger partial charge in [-0.05, 0) is 36.2 Å². The predicted octanol–water partition coefficient (Wildman–Crippen LogP) is 3.02. The Morgan fingerprint density at radius 3 is 2.60 bits per heavy atom. The van der Waals surface area contributed by atoms with Gasteiger partial charge in [0.15, 0.2) is 0 Å². The van der Waals surface area contributed by atoms with Crippen molar-refractivity contribution in [2.24, 2.45) is 5.73 Å². The minimum atomic E-state index is -0.294. The van der Waals surface area contributed by atoms with Crippen LogP contribution in [-0.4, -0.2) is 6.54 Å². The second-order valence-corrected chi connectivity index (χ2v) is 4.40. The number of hydrogen-bond acceptors (Lipinski definition) is 2. The molecule has 0 radical (unpaired) electrons. The molecule has 0 aliphatic carbocycles. The number of benzene rings is 2. The van der Waals surface area contributed by atoms with Crippen molar-refractivity contribution in [3.63, 3.8) is 0 Å². The predicted molar refractivity (Wildman–Crippen MR) is 77.8 cm³/mol. The van der Waals surface area contributed by atoms with Crippen LogP contribution in [0.15, 0.2) is 42.5 Å². The summed E-state index contributed by atoms with van der Waals surface area (Å²) in [5.74, 6) is 6.03. The van der Waals surface area contributed by atoms with E-state index in [1.54, 1.807) is 6.07 Å². The van der Waals surface area contributed by atoms with Crippen LogP contribution in [-0.2, 0) is 6.61 Å². The zero-order chi connectivity index (χ0) is 14.4. The molecular formula is C17H16FNO. The number of hydrogen-bond donors (Lipinski definition) is 1. The summed E-state index contributed by atoms with van der Waals surface area (Å²) in [5.41, 5.74) is 8.16. The van der Waals surface area contributed by atoms with Crippen molar-refractivity contribution in [3.8, 4) is 17.6 Å². The summed E-state index contributed by atoms with van der Waals surface area (Å²) in [5, 5.41) is 0. The van der Waals surface area contributed by atoms with Crippen molar-refractivity contribution in [1.29, 1.82) is 0 Å². The van der Waals surface area contributed by atoms with Crippen molar-refractivity contribution >= 4 is 0 Å². The first-order valence-corrected chi connectivity index (χ1v) is 6.36. The van der Waals surface area contributed by atoms with E-state index in [0.717, 1.165) is 16.7 Å². The van der Waals surface area contributed by atoms with Crippen LogP contribution in [0, 0.1) is 24.6 Å². The van der Waals surface area contributed by atoms with Crippen molar-refractivity contribution < 1.29 is 9.13 Å². The highest BCUT2D eigenvalue weighted by Crippen LogP contribution is 2.20. The fourth-order valence-corrected chi connectivity index (χ4v) is 1.73. The monoisotopic (exact) mass is 269 g/mol. The van der Waals surface area contributed by atoms with Gasteiger partial charge in [-0.1, -0.05) is 30.0 Å². The van der Waals surface area contributed by atoms with Gasteiger partial charge in [0.1, 0.15) is 18.2 Å². The van der Waals surface area contributed by atoms with E-state index in [2.05, 4.69) is 11.8 Å². The minimum absolute atomic E-state index is 0.294. The summed E-state index contributed by atoms with van der Waals surface area (Å²) in [6.07, 6.45) is 0. The fraction of sp³-hybridized carbons (Fsp3) is 0.176. The molecule has 0 aliphatic heterocycles. The number of nitrogens with two attached hydrogens (primary N) is 1. The molecule has 20 heavy (non-hydrogen) atoms. The van der Waals surface area contributed by atoms with Gasteiger partial charge in [-0.25, -0.2) is 4.39 Å². The van der Waals surface area contributed by atoms with E-state index in [4.69, 9.17) is 10.5 Å².